The molecule has 2 amide bonds. The van der Waals surface area contributed by atoms with Gasteiger partial charge in [-0.3, -0.25) is 9.59 Å². The van der Waals surface area contributed by atoms with Crippen molar-refractivity contribution < 1.29 is 9.59 Å². The van der Waals surface area contributed by atoms with Gasteiger partial charge in [0, 0.05) is 35.9 Å². The number of nitrogens with one attached hydrogen (secondary N) is 2. The zero-order chi connectivity index (χ0) is 16.9. The van der Waals surface area contributed by atoms with Crippen LogP contribution in [-0.4, -0.2) is 31.4 Å². The minimum atomic E-state index is -0.136. The molecule has 6 heteroatoms. The first-order valence-electron chi connectivity index (χ1n) is 7.76. The predicted octanol–water partition coefficient (Wildman–Crippen LogP) is 2.21. The Labute approximate surface area is 145 Å². The second-order valence-electron chi connectivity index (χ2n) is 5.63. The van der Waals surface area contributed by atoms with Gasteiger partial charge in [0.25, 0.3) is 5.91 Å². The van der Waals surface area contributed by atoms with E-state index in [-0.39, 0.29) is 11.8 Å². The number of carbonyl (C=O) groups excluding carboxylic acids is 2. The van der Waals surface area contributed by atoms with Crippen LogP contribution in [0.4, 0.5) is 5.69 Å². The molecule has 0 saturated carbocycles. The van der Waals surface area contributed by atoms with Crippen molar-refractivity contribution in [1.29, 1.82) is 0 Å². The number of hydrogen-bond acceptors (Lipinski definition) is 3. The van der Waals surface area contributed by atoms with E-state index < -0.39 is 0 Å². The summed E-state index contributed by atoms with van der Waals surface area (Å²) < 4.78 is 0. The number of anilines is 1. The number of nitrogens with zero attached hydrogens (tertiary/aromatic N) is 1. The average Bonchev–Trinajstić information content (AvgIpc) is 2.61. The van der Waals surface area contributed by atoms with Crippen molar-refractivity contribution in [2.24, 2.45) is 0 Å². The molecule has 0 spiro atoms. The highest BCUT2D eigenvalue weighted by molar-refractivity contribution is 6.30. The Morgan fingerprint density at radius 1 is 1.12 bits per heavy atom. The highest BCUT2D eigenvalue weighted by Gasteiger charge is 2.16. The molecule has 1 aliphatic heterocycles. The number of hydrogen-bond donors (Lipinski definition) is 2. The fraction of sp³-hybridized carbons (Fsp3) is 0.222. The summed E-state index contributed by atoms with van der Waals surface area (Å²) in [5.41, 5.74) is 2.59. The maximum absolute atomic E-state index is 12.1. The minimum absolute atomic E-state index is 0.0422. The van der Waals surface area contributed by atoms with Gasteiger partial charge in [0.2, 0.25) is 5.91 Å². The second-order valence-corrected chi connectivity index (χ2v) is 6.06. The molecule has 1 fully saturated rings. The van der Waals surface area contributed by atoms with Crippen molar-refractivity contribution in [2.45, 2.75) is 6.54 Å². The first-order valence-corrected chi connectivity index (χ1v) is 8.14. The zero-order valence-corrected chi connectivity index (χ0v) is 13.8. The van der Waals surface area contributed by atoms with Crippen molar-refractivity contribution in [3.05, 3.63) is 64.7 Å². The van der Waals surface area contributed by atoms with Gasteiger partial charge in [0.1, 0.15) is 0 Å². The van der Waals surface area contributed by atoms with Gasteiger partial charge in [-0.1, -0.05) is 23.7 Å². The maximum atomic E-state index is 12.1. The van der Waals surface area contributed by atoms with Crippen LogP contribution in [-0.2, 0) is 11.3 Å². The van der Waals surface area contributed by atoms with Crippen LogP contribution in [0.25, 0.3) is 0 Å². The summed E-state index contributed by atoms with van der Waals surface area (Å²) >= 11 is 5.82. The monoisotopic (exact) mass is 343 g/mol. The Hall–Kier alpha value is -2.53. The van der Waals surface area contributed by atoms with Gasteiger partial charge >= 0.3 is 0 Å². The molecule has 0 aromatic heterocycles. The lowest BCUT2D eigenvalue weighted by atomic mass is 10.1. The van der Waals surface area contributed by atoms with Crippen LogP contribution in [0.2, 0.25) is 5.02 Å². The van der Waals surface area contributed by atoms with Crippen molar-refractivity contribution in [1.82, 2.24) is 10.6 Å². The van der Waals surface area contributed by atoms with E-state index >= 15 is 0 Å². The van der Waals surface area contributed by atoms with E-state index in [4.69, 9.17) is 11.6 Å². The number of halogens is 1. The molecule has 0 radical (unpaired) electrons. The average molecular weight is 344 g/mol. The Morgan fingerprint density at radius 2 is 1.83 bits per heavy atom. The van der Waals surface area contributed by atoms with E-state index in [9.17, 15) is 9.59 Å². The van der Waals surface area contributed by atoms with E-state index in [2.05, 4.69) is 10.6 Å². The molecule has 0 aliphatic carbocycles. The highest BCUT2D eigenvalue weighted by Crippen LogP contribution is 2.16. The molecule has 124 valence electrons. The molecule has 2 N–H and O–H groups in total. The van der Waals surface area contributed by atoms with Gasteiger partial charge in [0.15, 0.2) is 0 Å². The highest BCUT2D eigenvalue weighted by atomic mass is 35.5. The lowest BCUT2D eigenvalue weighted by Gasteiger charge is -2.28. The zero-order valence-electron chi connectivity index (χ0n) is 13.1. The fourth-order valence-corrected chi connectivity index (χ4v) is 2.70. The van der Waals surface area contributed by atoms with Crippen LogP contribution in [0.1, 0.15) is 15.9 Å². The van der Waals surface area contributed by atoms with Crippen LogP contribution >= 0.6 is 11.6 Å². The largest absolute Gasteiger partial charge is 0.360 e. The SMILES string of the molecule is O=C1CN(c2ccc(CNC(=O)c3ccc(Cl)cc3)cc2)CCN1. The van der Waals surface area contributed by atoms with E-state index in [1.807, 2.05) is 29.2 Å². The first kappa shape index (κ1) is 16.3. The Morgan fingerprint density at radius 3 is 2.50 bits per heavy atom. The van der Waals surface area contributed by atoms with Crippen molar-refractivity contribution >= 4 is 29.1 Å². The molecular formula is C18H18ClN3O2. The molecule has 2 aromatic carbocycles. The fourth-order valence-electron chi connectivity index (χ4n) is 2.57. The molecule has 3 rings (SSSR count). The molecule has 0 bridgehead atoms. The van der Waals surface area contributed by atoms with Crippen LogP contribution < -0.4 is 15.5 Å². The molecule has 1 heterocycles. The Bertz CT molecular complexity index is 729. The van der Waals surface area contributed by atoms with E-state index in [1.165, 1.54) is 0 Å². The quantitative estimate of drug-likeness (QED) is 0.894. The first-order chi connectivity index (χ1) is 11.6. The van der Waals surface area contributed by atoms with Gasteiger partial charge in [-0.05, 0) is 42.0 Å². The molecule has 1 aliphatic rings. The normalized spacial score (nSPS) is 14.2. The smallest absolute Gasteiger partial charge is 0.251 e. The van der Waals surface area contributed by atoms with Crippen molar-refractivity contribution in [3.63, 3.8) is 0 Å². The van der Waals surface area contributed by atoms with E-state index in [0.717, 1.165) is 17.8 Å². The third kappa shape index (κ3) is 4.06. The number of benzene rings is 2. The lowest BCUT2D eigenvalue weighted by molar-refractivity contribution is -0.120. The maximum Gasteiger partial charge on any atom is 0.251 e. The Balaban J connectivity index is 1.57. The van der Waals surface area contributed by atoms with Crippen molar-refractivity contribution in [2.75, 3.05) is 24.5 Å². The molecule has 1 saturated heterocycles. The van der Waals surface area contributed by atoms with Crippen molar-refractivity contribution in [3.8, 4) is 0 Å². The van der Waals surface area contributed by atoms with Gasteiger partial charge < -0.3 is 15.5 Å². The van der Waals surface area contributed by atoms with E-state index in [0.29, 0.717) is 30.2 Å². The molecule has 5 nitrogen and oxygen atoms in total. The van der Waals surface area contributed by atoms with Gasteiger partial charge in [-0.2, -0.15) is 0 Å². The second kappa shape index (κ2) is 7.36. The minimum Gasteiger partial charge on any atom is -0.360 e. The standard InChI is InChI=1S/C18H18ClN3O2/c19-15-5-3-14(4-6-15)18(24)21-11-13-1-7-16(8-2-13)22-10-9-20-17(23)12-22/h1-8H,9-12H2,(H,20,23)(H,21,24). The summed E-state index contributed by atoms with van der Waals surface area (Å²) in [6.45, 7) is 2.30. The number of amides is 2. The molecular weight excluding hydrogens is 326 g/mol. The van der Waals surface area contributed by atoms with E-state index in [1.54, 1.807) is 24.3 Å². The summed E-state index contributed by atoms with van der Waals surface area (Å²) in [4.78, 5) is 25.5. The third-order valence-electron chi connectivity index (χ3n) is 3.90. The molecule has 24 heavy (non-hydrogen) atoms. The predicted molar refractivity (Wildman–Crippen MR) is 94.3 cm³/mol. The van der Waals surface area contributed by atoms with Gasteiger partial charge in [-0.25, -0.2) is 0 Å². The summed E-state index contributed by atoms with van der Waals surface area (Å²) in [6, 6.07) is 14.7. The molecule has 0 unspecified atom stereocenters. The van der Waals surface area contributed by atoms with Crippen LogP contribution in [0.15, 0.2) is 48.5 Å². The summed E-state index contributed by atoms with van der Waals surface area (Å²) in [5, 5.41) is 6.29. The summed E-state index contributed by atoms with van der Waals surface area (Å²) in [6.07, 6.45) is 0. The molecule has 2 aromatic rings. The molecule has 0 atom stereocenters. The van der Waals surface area contributed by atoms with Gasteiger partial charge in [0.05, 0.1) is 6.54 Å². The number of carbonyl (C=O) groups is 2. The Kier molecular flexibility index (Phi) is 5.01. The van der Waals surface area contributed by atoms with Crippen LogP contribution in [0.5, 0.6) is 0 Å². The summed E-state index contributed by atoms with van der Waals surface area (Å²) in [7, 11) is 0. The summed E-state index contributed by atoms with van der Waals surface area (Å²) in [5.74, 6) is -0.0935. The van der Waals surface area contributed by atoms with Crippen LogP contribution in [0, 0.1) is 0 Å². The number of rotatable bonds is 4. The number of piperazine rings is 1. The van der Waals surface area contributed by atoms with Gasteiger partial charge in [-0.15, -0.1) is 0 Å². The topological polar surface area (TPSA) is 61.4 Å². The third-order valence-corrected chi connectivity index (χ3v) is 4.15. The van der Waals surface area contributed by atoms with Crippen LogP contribution in [0.3, 0.4) is 0 Å². The lowest BCUT2D eigenvalue weighted by Crippen LogP contribution is -2.47.